The first-order valence-corrected chi connectivity index (χ1v) is 5.00. The van der Waals surface area contributed by atoms with Gasteiger partial charge in [0.2, 0.25) is 5.67 Å². The molecule has 1 rings (SSSR count). The van der Waals surface area contributed by atoms with Crippen LogP contribution < -0.4 is 0 Å². The number of rotatable bonds is 4. The molecule has 17 heavy (non-hydrogen) atoms. The minimum atomic E-state index is -2.30. The van der Waals surface area contributed by atoms with Gasteiger partial charge < -0.3 is 4.74 Å². The lowest BCUT2D eigenvalue weighted by Gasteiger charge is -2.18. The van der Waals surface area contributed by atoms with Crippen molar-refractivity contribution in [3.8, 4) is 0 Å². The molecular weight excluding hydrogens is 229 g/mol. The second-order valence-electron chi connectivity index (χ2n) is 3.53. The molecule has 5 nitrogen and oxygen atoms in total. The number of nitro benzene ring substituents is 1. The average Bonchev–Trinajstić information content (AvgIpc) is 2.29. The summed E-state index contributed by atoms with van der Waals surface area (Å²) in [6.07, 6.45) is 0. The van der Waals surface area contributed by atoms with Gasteiger partial charge in [-0.1, -0.05) is 0 Å². The number of alkyl halides is 1. The predicted molar refractivity (Wildman–Crippen MR) is 58.2 cm³/mol. The lowest BCUT2D eigenvalue weighted by Crippen LogP contribution is -2.29. The third-order valence-electron chi connectivity index (χ3n) is 2.28. The smallest absolute Gasteiger partial charge is 0.348 e. The number of hydrogen-bond donors (Lipinski definition) is 0. The molecule has 0 N–H and O–H groups in total. The molecule has 0 spiro atoms. The fourth-order valence-electron chi connectivity index (χ4n) is 1.28. The number of nitrogens with zero attached hydrogens (tertiary/aromatic N) is 1. The molecule has 0 aliphatic heterocycles. The normalized spacial score (nSPS) is 13.8. The van der Waals surface area contributed by atoms with Crippen molar-refractivity contribution in [2.75, 3.05) is 6.61 Å². The van der Waals surface area contributed by atoms with Crippen LogP contribution in [0.3, 0.4) is 0 Å². The molecule has 1 unspecified atom stereocenters. The summed E-state index contributed by atoms with van der Waals surface area (Å²) < 4.78 is 18.7. The average molecular weight is 241 g/mol. The van der Waals surface area contributed by atoms with E-state index in [4.69, 9.17) is 0 Å². The van der Waals surface area contributed by atoms with E-state index >= 15 is 0 Å². The van der Waals surface area contributed by atoms with E-state index in [1.54, 1.807) is 6.92 Å². The molecule has 0 aliphatic carbocycles. The van der Waals surface area contributed by atoms with Crippen molar-refractivity contribution in [3.63, 3.8) is 0 Å². The number of hydrogen-bond acceptors (Lipinski definition) is 4. The molecule has 0 amide bonds. The van der Waals surface area contributed by atoms with E-state index in [2.05, 4.69) is 4.74 Å². The lowest BCUT2D eigenvalue weighted by molar-refractivity contribution is -0.384. The molecular formula is C11H12FNO4. The first-order valence-electron chi connectivity index (χ1n) is 5.00. The number of carbonyl (C=O) groups excluding carboxylic acids is 1. The van der Waals surface area contributed by atoms with Crippen LogP contribution in [-0.2, 0) is 15.2 Å². The van der Waals surface area contributed by atoms with Crippen LogP contribution in [0.5, 0.6) is 0 Å². The lowest BCUT2D eigenvalue weighted by atomic mass is 9.98. The van der Waals surface area contributed by atoms with Gasteiger partial charge >= 0.3 is 5.97 Å². The maximum absolute atomic E-state index is 14.1. The van der Waals surface area contributed by atoms with Crippen LogP contribution in [0.15, 0.2) is 24.3 Å². The van der Waals surface area contributed by atoms with Gasteiger partial charge in [-0.15, -0.1) is 0 Å². The first-order chi connectivity index (χ1) is 7.89. The molecule has 0 heterocycles. The highest BCUT2D eigenvalue weighted by molar-refractivity contribution is 5.80. The molecule has 1 aromatic rings. The minimum absolute atomic E-state index is 0.0292. The Morgan fingerprint density at radius 3 is 2.41 bits per heavy atom. The summed E-state index contributed by atoms with van der Waals surface area (Å²) in [5.74, 6) is -1.01. The molecule has 0 saturated carbocycles. The van der Waals surface area contributed by atoms with E-state index < -0.39 is 16.6 Å². The number of benzene rings is 1. The molecule has 0 aliphatic rings. The van der Waals surface area contributed by atoms with Gasteiger partial charge in [0.15, 0.2) is 0 Å². The van der Waals surface area contributed by atoms with Crippen molar-refractivity contribution in [3.05, 3.63) is 39.9 Å². The molecule has 1 aromatic carbocycles. The molecule has 0 aromatic heterocycles. The standard InChI is InChI=1S/C11H12FNO4/c1-3-17-10(14)11(2,12)8-4-6-9(7-5-8)13(15)16/h4-7H,3H2,1-2H3. The highest BCUT2D eigenvalue weighted by Gasteiger charge is 2.36. The van der Waals surface area contributed by atoms with E-state index in [1.165, 1.54) is 12.1 Å². The van der Waals surface area contributed by atoms with Gasteiger partial charge in [0.1, 0.15) is 0 Å². The Morgan fingerprint density at radius 2 is 2.00 bits per heavy atom. The predicted octanol–water partition coefficient (Wildman–Crippen LogP) is 2.34. The van der Waals surface area contributed by atoms with Crippen molar-refractivity contribution < 1.29 is 18.8 Å². The molecule has 6 heteroatoms. The van der Waals surface area contributed by atoms with Crippen LogP contribution in [-0.4, -0.2) is 17.5 Å². The summed E-state index contributed by atoms with van der Waals surface area (Å²) in [5, 5.41) is 10.4. The van der Waals surface area contributed by atoms with Gasteiger partial charge in [-0.3, -0.25) is 10.1 Å². The van der Waals surface area contributed by atoms with Crippen molar-refractivity contribution in [1.29, 1.82) is 0 Å². The van der Waals surface area contributed by atoms with E-state index in [0.717, 1.165) is 19.1 Å². The SMILES string of the molecule is CCOC(=O)C(C)(F)c1ccc([N+](=O)[O-])cc1. The number of ether oxygens (including phenoxy) is 1. The number of nitro groups is 1. The van der Waals surface area contributed by atoms with Gasteiger partial charge in [-0.05, 0) is 26.0 Å². The fraction of sp³-hybridized carbons (Fsp3) is 0.364. The van der Waals surface area contributed by atoms with Crippen molar-refractivity contribution >= 4 is 11.7 Å². The van der Waals surface area contributed by atoms with Crippen LogP contribution in [0, 0.1) is 10.1 Å². The van der Waals surface area contributed by atoms with Crippen molar-refractivity contribution in [2.45, 2.75) is 19.5 Å². The summed E-state index contributed by atoms with van der Waals surface area (Å²) in [4.78, 5) is 21.2. The number of non-ortho nitro benzene ring substituents is 1. The molecule has 0 fully saturated rings. The maximum Gasteiger partial charge on any atom is 0.348 e. The fourth-order valence-corrected chi connectivity index (χ4v) is 1.28. The number of carbonyl (C=O) groups is 1. The second kappa shape index (κ2) is 4.90. The maximum atomic E-state index is 14.1. The van der Waals surface area contributed by atoms with Gasteiger partial charge in [-0.2, -0.15) is 0 Å². The topological polar surface area (TPSA) is 69.4 Å². The molecule has 0 bridgehead atoms. The van der Waals surface area contributed by atoms with E-state index in [0.29, 0.717) is 0 Å². The van der Waals surface area contributed by atoms with Gasteiger partial charge in [0, 0.05) is 17.7 Å². The minimum Gasteiger partial charge on any atom is -0.463 e. The Kier molecular flexibility index (Phi) is 3.77. The summed E-state index contributed by atoms with van der Waals surface area (Å²) in [5.41, 5.74) is -2.43. The Labute approximate surface area is 97.3 Å². The Bertz CT molecular complexity index is 428. The summed E-state index contributed by atoms with van der Waals surface area (Å²) in [6.45, 7) is 2.71. The third kappa shape index (κ3) is 2.77. The highest BCUT2D eigenvalue weighted by atomic mass is 19.1. The van der Waals surface area contributed by atoms with Crippen LogP contribution in [0.4, 0.5) is 10.1 Å². The molecule has 1 atom stereocenters. The van der Waals surface area contributed by atoms with Crippen molar-refractivity contribution in [1.82, 2.24) is 0 Å². The molecule has 92 valence electrons. The number of esters is 1. The largest absolute Gasteiger partial charge is 0.463 e. The summed E-state index contributed by atoms with van der Waals surface area (Å²) in [7, 11) is 0. The second-order valence-corrected chi connectivity index (χ2v) is 3.53. The van der Waals surface area contributed by atoms with E-state index in [1.807, 2.05) is 0 Å². The first kappa shape index (κ1) is 13.1. The third-order valence-corrected chi connectivity index (χ3v) is 2.28. The Balaban J connectivity index is 2.99. The van der Waals surface area contributed by atoms with Gasteiger partial charge in [-0.25, -0.2) is 9.18 Å². The van der Waals surface area contributed by atoms with E-state index in [9.17, 15) is 19.3 Å². The van der Waals surface area contributed by atoms with Crippen LogP contribution >= 0.6 is 0 Å². The van der Waals surface area contributed by atoms with Crippen LogP contribution in [0.1, 0.15) is 19.4 Å². The van der Waals surface area contributed by atoms with Crippen LogP contribution in [0.25, 0.3) is 0 Å². The Hall–Kier alpha value is -1.98. The molecule has 0 saturated heterocycles. The summed E-state index contributed by atoms with van der Waals surface area (Å²) in [6, 6.07) is 4.70. The van der Waals surface area contributed by atoms with Gasteiger partial charge in [0.25, 0.3) is 5.69 Å². The highest BCUT2D eigenvalue weighted by Crippen LogP contribution is 2.28. The zero-order valence-corrected chi connectivity index (χ0v) is 9.47. The monoisotopic (exact) mass is 241 g/mol. The van der Waals surface area contributed by atoms with Gasteiger partial charge in [0.05, 0.1) is 11.5 Å². The van der Waals surface area contributed by atoms with E-state index in [-0.39, 0.29) is 17.9 Å². The summed E-state index contributed by atoms with van der Waals surface area (Å²) >= 11 is 0. The Morgan fingerprint density at radius 1 is 1.47 bits per heavy atom. The quantitative estimate of drug-likeness (QED) is 0.461. The zero-order chi connectivity index (χ0) is 13.1. The van der Waals surface area contributed by atoms with Crippen molar-refractivity contribution in [2.24, 2.45) is 0 Å². The van der Waals surface area contributed by atoms with Crippen LogP contribution in [0.2, 0.25) is 0 Å². The number of halogens is 1. The molecule has 0 radical (unpaired) electrons. The zero-order valence-electron chi connectivity index (χ0n) is 9.47.